The molecule has 0 unspecified atom stereocenters. The Kier molecular flexibility index (Phi) is 3.57. The number of hydrogen-bond acceptors (Lipinski definition) is 3. The number of aromatic carboxylic acids is 1. The van der Waals surface area contributed by atoms with Crippen molar-refractivity contribution in [2.24, 2.45) is 0 Å². The lowest BCUT2D eigenvalue weighted by molar-refractivity contribution is 0.0696. The van der Waals surface area contributed by atoms with Crippen molar-refractivity contribution in [3.63, 3.8) is 0 Å². The number of carbonyl (C=O) groups excluding carboxylic acids is 1. The van der Waals surface area contributed by atoms with E-state index in [0.29, 0.717) is 10.7 Å². The summed E-state index contributed by atoms with van der Waals surface area (Å²) in [6.07, 6.45) is 1.01. The summed E-state index contributed by atoms with van der Waals surface area (Å²) in [7, 11) is 0. The molecule has 2 N–H and O–H groups in total. The number of amides is 1. The van der Waals surface area contributed by atoms with Crippen molar-refractivity contribution >= 4 is 29.2 Å². The summed E-state index contributed by atoms with van der Waals surface area (Å²) >= 11 is 5.98. The maximum Gasteiger partial charge on any atom is 0.338 e. The number of nitrogens with one attached hydrogen (secondary N) is 1. The van der Waals surface area contributed by atoms with Crippen molar-refractivity contribution in [3.05, 3.63) is 52.4 Å². The number of hydrogen-bond donors (Lipinski definition) is 2. The van der Waals surface area contributed by atoms with Gasteiger partial charge in [-0.1, -0.05) is 17.7 Å². The van der Waals surface area contributed by atoms with E-state index in [1.807, 2.05) is 6.92 Å². The number of carboxylic acids is 1. The number of aryl methyl sites for hydroxylation is 1. The van der Waals surface area contributed by atoms with Gasteiger partial charge in [-0.25, -0.2) is 4.79 Å². The molecule has 1 amide bonds. The lowest BCUT2D eigenvalue weighted by Crippen LogP contribution is -2.11. The highest BCUT2D eigenvalue weighted by Crippen LogP contribution is 2.23. The summed E-state index contributed by atoms with van der Waals surface area (Å²) in [5.41, 5.74) is 1.32. The molecule has 0 aliphatic rings. The van der Waals surface area contributed by atoms with Crippen LogP contribution in [0.3, 0.4) is 0 Å². The Balaban J connectivity index is 2.18. The highest BCUT2D eigenvalue weighted by molar-refractivity contribution is 6.34. The van der Waals surface area contributed by atoms with Crippen molar-refractivity contribution in [3.8, 4) is 0 Å². The summed E-state index contributed by atoms with van der Waals surface area (Å²) in [5.74, 6) is -1.80. The van der Waals surface area contributed by atoms with Crippen LogP contribution >= 0.6 is 11.6 Å². The van der Waals surface area contributed by atoms with E-state index in [-0.39, 0.29) is 11.3 Å². The summed E-state index contributed by atoms with van der Waals surface area (Å²) < 4.78 is 4.89. The average molecular weight is 280 g/mol. The fourth-order valence-electron chi connectivity index (χ4n) is 1.47. The highest BCUT2D eigenvalue weighted by Gasteiger charge is 2.15. The molecule has 0 aliphatic heterocycles. The van der Waals surface area contributed by atoms with Crippen molar-refractivity contribution in [2.45, 2.75) is 6.92 Å². The van der Waals surface area contributed by atoms with Gasteiger partial charge in [-0.05, 0) is 24.6 Å². The zero-order chi connectivity index (χ0) is 14.0. The average Bonchev–Trinajstić information content (AvgIpc) is 2.82. The van der Waals surface area contributed by atoms with E-state index in [9.17, 15) is 9.59 Å². The fourth-order valence-corrected chi connectivity index (χ4v) is 1.76. The van der Waals surface area contributed by atoms with Crippen LogP contribution < -0.4 is 5.32 Å². The molecule has 0 spiro atoms. The molecule has 98 valence electrons. The number of rotatable bonds is 3. The lowest BCUT2D eigenvalue weighted by atomic mass is 10.2. The number of carboxylic acid groups (broad SMARTS) is 1. The quantitative estimate of drug-likeness (QED) is 0.904. The first-order chi connectivity index (χ1) is 8.97. The van der Waals surface area contributed by atoms with Crippen LogP contribution in [-0.4, -0.2) is 17.0 Å². The minimum absolute atomic E-state index is 0.0832. The van der Waals surface area contributed by atoms with Crippen LogP contribution in [0, 0.1) is 6.92 Å². The van der Waals surface area contributed by atoms with Gasteiger partial charge in [0.15, 0.2) is 5.76 Å². The largest absolute Gasteiger partial charge is 0.478 e. The summed E-state index contributed by atoms with van der Waals surface area (Å²) in [6, 6.07) is 6.32. The molecule has 19 heavy (non-hydrogen) atoms. The van der Waals surface area contributed by atoms with Gasteiger partial charge < -0.3 is 14.8 Å². The van der Waals surface area contributed by atoms with E-state index in [2.05, 4.69) is 5.32 Å². The van der Waals surface area contributed by atoms with Gasteiger partial charge in [-0.15, -0.1) is 0 Å². The number of halogens is 1. The molecule has 2 rings (SSSR count). The molecule has 2 aromatic rings. The SMILES string of the molecule is Cc1ccc(NC(=O)c2cc(C(=O)O)co2)c(Cl)c1. The number of furan rings is 1. The fraction of sp³-hybridized carbons (Fsp3) is 0.0769. The monoisotopic (exact) mass is 279 g/mol. The van der Waals surface area contributed by atoms with Crippen LogP contribution in [0.1, 0.15) is 26.5 Å². The van der Waals surface area contributed by atoms with Gasteiger partial charge in [0, 0.05) is 6.07 Å². The lowest BCUT2D eigenvalue weighted by Gasteiger charge is -2.06. The Hall–Kier alpha value is -2.27. The molecule has 1 aromatic heterocycles. The summed E-state index contributed by atoms with van der Waals surface area (Å²) in [4.78, 5) is 22.5. The second-order valence-corrected chi connectivity index (χ2v) is 4.35. The molecule has 5 nitrogen and oxygen atoms in total. The molecule has 0 saturated heterocycles. The smallest absolute Gasteiger partial charge is 0.338 e. The second kappa shape index (κ2) is 5.16. The maximum atomic E-state index is 11.8. The minimum atomic E-state index is -1.16. The molecule has 0 radical (unpaired) electrons. The summed E-state index contributed by atoms with van der Waals surface area (Å²) in [5, 5.41) is 11.7. The Labute approximate surface area is 113 Å². The van der Waals surface area contributed by atoms with Crippen LogP contribution in [-0.2, 0) is 0 Å². The first kappa shape index (κ1) is 13.2. The number of benzene rings is 1. The molecule has 0 aliphatic carbocycles. The van der Waals surface area contributed by atoms with Crippen molar-refractivity contribution < 1.29 is 19.1 Å². The van der Waals surface area contributed by atoms with Crippen molar-refractivity contribution in [1.82, 2.24) is 0 Å². The molecule has 0 saturated carbocycles. The van der Waals surface area contributed by atoms with Gasteiger partial charge in [0.2, 0.25) is 0 Å². The number of anilines is 1. The van der Waals surface area contributed by atoms with Crippen LogP contribution in [0.5, 0.6) is 0 Å². The minimum Gasteiger partial charge on any atom is -0.478 e. The van der Waals surface area contributed by atoms with Crippen molar-refractivity contribution in [2.75, 3.05) is 5.32 Å². The standard InChI is InChI=1S/C13H10ClNO4/c1-7-2-3-10(9(14)4-7)15-12(16)11-5-8(6-19-11)13(17)18/h2-6H,1H3,(H,15,16)(H,17,18). The zero-order valence-corrected chi connectivity index (χ0v) is 10.7. The molecule has 0 atom stereocenters. The molecule has 0 bridgehead atoms. The predicted molar refractivity (Wildman–Crippen MR) is 69.8 cm³/mol. The van der Waals surface area contributed by atoms with E-state index in [1.165, 1.54) is 0 Å². The van der Waals surface area contributed by atoms with Gasteiger partial charge in [0.05, 0.1) is 16.3 Å². The third kappa shape index (κ3) is 2.95. The Morgan fingerprint density at radius 2 is 2.05 bits per heavy atom. The predicted octanol–water partition coefficient (Wildman–Crippen LogP) is 3.19. The Morgan fingerprint density at radius 1 is 1.32 bits per heavy atom. The third-order valence-electron chi connectivity index (χ3n) is 2.44. The first-order valence-corrected chi connectivity index (χ1v) is 5.74. The van der Waals surface area contributed by atoms with Gasteiger partial charge >= 0.3 is 5.97 Å². The Bertz CT molecular complexity index is 648. The molecular formula is C13H10ClNO4. The zero-order valence-electron chi connectivity index (χ0n) is 9.94. The Morgan fingerprint density at radius 3 is 2.63 bits per heavy atom. The van der Waals surface area contributed by atoms with E-state index in [1.54, 1.807) is 18.2 Å². The maximum absolute atomic E-state index is 11.8. The molecule has 6 heteroatoms. The molecule has 0 fully saturated rings. The first-order valence-electron chi connectivity index (χ1n) is 5.36. The van der Waals surface area contributed by atoms with Gasteiger partial charge in [0.1, 0.15) is 6.26 Å². The third-order valence-corrected chi connectivity index (χ3v) is 2.76. The number of carbonyl (C=O) groups is 2. The second-order valence-electron chi connectivity index (χ2n) is 3.94. The van der Waals surface area contributed by atoms with Gasteiger partial charge in [0.25, 0.3) is 5.91 Å². The molecule has 1 heterocycles. The highest BCUT2D eigenvalue weighted by atomic mass is 35.5. The molecular weight excluding hydrogens is 270 g/mol. The van der Waals surface area contributed by atoms with E-state index < -0.39 is 11.9 Å². The van der Waals surface area contributed by atoms with E-state index >= 15 is 0 Å². The van der Waals surface area contributed by atoms with E-state index in [0.717, 1.165) is 17.9 Å². The van der Waals surface area contributed by atoms with Crippen LogP contribution in [0.15, 0.2) is 34.9 Å². The van der Waals surface area contributed by atoms with E-state index in [4.69, 9.17) is 21.1 Å². The van der Waals surface area contributed by atoms with Crippen molar-refractivity contribution in [1.29, 1.82) is 0 Å². The van der Waals surface area contributed by atoms with Crippen LogP contribution in [0.25, 0.3) is 0 Å². The van der Waals surface area contributed by atoms with Crippen LogP contribution in [0.2, 0.25) is 5.02 Å². The molecule has 1 aromatic carbocycles. The van der Waals surface area contributed by atoms with Gasteiger partial charge in [-0.2, -0.15) is 0 Å². The normalized spacial score (nSPS) is 10.2. The van der Waals surface area contributed by atoms with Crippen LogP contribution in [0.4, 0.5) is 5.69 Å². The topological polar surface area (TPSA) is 79.5 Å². The summed E-state index contributed by atoms with van der Waals surface area (Å²) in [6.45, 7) is 1.88. The van der Waals surface area contributed by atoms with Gasteiger partial charge in [-0.3, -0.25) is 4.79 Å².